The van der Waals surface area contributed by atoms with Crippen molar-refractivity contribution in [1.29, 1.82) is 0 Å². The molecule has 0 radical (unpaired) electrons. The smallest absolute Gasteiger partial charge is 0.246 e. The molecular formula is C42H50N8O8. The number of amides is 5. The van der Waals surface area contributed by atoms with Gasteiger partial charge in [-0.3, -0.25) is 24.0 Å². The van der Waals surface area contributed by atoms with Crippen LogP contribution < -0.4 is 24.8 Å². The molecule has 5 amide bonds. The van der Waals surface area contributed by atoms with E-state index >= 15 is 0 Å². The number of fused-ring (bicyclic) bond motifs is 3. The van der Waals surface area contributed by atoms with Gasteiger partial charge in [-0.25, -0.2) is 0 Å². The molecule has 306 valence electrons. The average molecular weight is 795 g/mol. The fraction of sp³-hybridized carbons (Fsp3) is 0.405. The van der Waals surface area contributed by atoms with Gasteiger partial charge >= 0.3 is 0 Å². The van der Waals surface area contributed by atoms with Gasteiger partial charge < -0.3 is 44.1 Å². The molecule has 0 spiro atoms. The zero-order valence-corrected chi connectivity index (χ0v) is 34.0. The summed E-state index contributed by atoms with van der Waals surface area (Å²) in [5.41, 5.74) is 2.22. The number of nitrogens with one attached hydrogen (secondary N) is 2. The van der Waals surface area contributed by atoms with Crippen LogP contribution in [0.1, 0.15) is 55.4 Å². The fourth-order valence-corrected chi connectivity index (χ4v) is 7.36. The van der Waals surface area contributed by atoms with Crippen molar-refractivity contribution in [2.75, 3.05) is 35.4 Å². The normalized spacial score (nSPS) is 23.6. The lowest BCUT2D eigenvalue weighted by Gasteiger charge is -2.37. The molecule has 0 unspecified atom stereocenters. The number of likely N-dealkylation sites (N-methyl/N-ethyl adjacent to an activating group) is 3. The largest absolute Gasteiger partial charge is 0.497 e. The van der Waals surface area contributed by atoms with E-state index in [0.717, 1.165) is 11.1 Å². The van der Waals surface area contributed by atoms with Crippen molar-refractivity contribution in [2.45, 2.75) is 76.3 Å². The van der Waals surface area contributed by atoms with Gasteiger partial charge in [0.05, 0.1) is 20.3 Å². The molecule has 4 aromatic rings. The van der Waals surface area contributed by atoms with Gasteiger partial charge in [-0.05, 0) is 73.9 Å². The molecule has 7 rings (SSSR count). The quantitative estimate of drug-likeness (QED) is 0.313. The van der Waals surface area contributed by atoms with Gasteiger partial charge in [0.15, 0.2) is 17.3 Å². The molecular weight excluding hydrogens is 745 g/mol. The molecule has 3 aliphatic rings. The van der Waals surface area contributed by atoms with E-state index in [1.165, 1.54) is 42.1 Å². The molecule has 3 aromatic carbocycles. The van der Waals surface area contributed by atoms with E-state index in [2.05, 4.69) is 20.8 Å². The topological polar surface area (TPSA) is 178 Å². The third-order valence-electron chi connectivity index (χ3n) is 11.0. The minimum absolute atomic E-state index is 0.0282. The number of ether oxygens (including phenoxy) is 3. The maximum Gasteiger partial charge on any atom is 0.246 e. The van der Waals surface area contributed by atoms with E-state index < -0.39 is 65.8 Å². The number of hydrogen-bond acceptors (Lipinski definition) is 10. The highest BCUT2D eigenvalue weighted by Gasteiger charge is 2.39. The van der Waals surface area contributed by atoms with Crippen molar-refractivity contribution < 1.29 is 38.2 Å². The highest BCUT2D eigenvalue weighted by molar-refractivity contribution is 5.96. The molecule has 6 atom stereocenters. The number of methoxy groups -OCH3 is 2. The Kier molecular flexibility index (Phi) is 12.3. The molecule has 0 aliphatic carbocycles. The number of hydrogen-bond donors (Lipinski definition) is 2. The summed E-state index contributed by atoms with van der Waals surface area (Å²) in [6, 6.07) is 13.8. The predicted molar refractivity (Wildman–Crippen MR) is 212 cm³/mol. The van der Waals surface area contributed by atoms with Gasteiger partial charge in [-0.1, -0.05) is 30.3 Å². The van der Waals surface area contributed by atoms with Crippen LogP contribution in [-0.2, 0) is 43.2 Å². The van der Waals surface area contributed by atoms with Crippen LogP contribution in [0.5, 0.6) is 23.0 Å². The van der Waals surface area contributed by atoms with Crippen LogP contribution in [0.2, 0.25) is 0 Å². The average Bonchev–Trinajstić information content (AvgIpc) is 3.72. The van der Waals surface area contributed by atoms with Crippen molar-refractivity contribution in [3.05, 3.63) is 95.6 Å². The molecule has 16 nitrogen and oxygen atoms in total. The molecule has 0 saturated carbocycles. The monoisotopic (exact) mass is 794 g/mol. The summed E-state index contributed by atoms with van der Waals surface area (Å²) in [4.78, 5) is 75.7. The van der Waals surface area contributed by atoms with Gasteiger partial charge in [-0.15, -0.1) is 10.2 Å². The summed E-state index contributed by atoms with van der Waals surface area (Å²) < 4.78 is 18.7. The summed E-state index contributed by atoms with van der Waals surface area (Å²) in [7, 11) is 7.77. The first-order valence-corrected chi connectivity index (χ1v) is 19.1. The molecule has 0 saturated heterocycles. The Morgan fingerprint density at radius 2 is 1.34 bits per heavy atom. The van der Waals surface area contributed by atoms with Gasteiger partial charge in [-0.2, -0.15) is 0 Å². The third-order valence-corrected chi connectivity index (χ3v) is 11.0. The number of rotatable bonds is 4. The van der Waals surface area contributed by atoms with Gasteiger partial charge in [0, 0.05) is 40.4 Å². The Morgan fingerprint density at radius 1 is 0.707 bits per heavy atom. The lowest BCUT2D eigenvalue weighted by molar-refractivity contribution is -0.149. The maximum atomic E-state index is 14.8. The SMILES string of the molecule is COc1ccc(C[C@H]2c3nncn3[C@@H](C)C(=O)N(C)[C@H]3Cc4ccc(cc4)Oc4cc(ccc4OC)C[C@@H](C(=O)N[C@H](C)C(=O)N[C@@H](C)C(=O)N2C)N(C)C3=O)cc1. The highest BCUT2D eigenvalue weighted by atomic mass is 16.5. The second-order valence-corrected chi connectivity index (χ2v) is 14.8. The summed E-state index contributed by atoms with van der Waals surface area (Å²) >= 11 is 0. The van der Waals surface area contributed by atoms with Crippen LogP contribution in [0.3, 0.4) is 0 Å². The Balaban J connectivity index is 1.46. The second-order valence-electron chi connectivity index (χ2n) is 14.8. The second kappa shape index (κ2) is 17.4. The van der Waals surface area contributed by atoms with Crippen molar-refractivity contribution in [3.63, 3.8) is 0 Å². The van der Waals surface area contributed by atoms with Crippen molar-refractivity contribution in [3.8, 4) is 23.0 Å². The van der Waals surface area contributed by atoms with Gasteiger partial charge in [0.1, 0.15) is 48.0 Å². The van der Waals surface area contributed by atoms with Crippen LogP contribution in [0.4, 0.5) is 0 Å². The summed E-state index contributed by atoms with van der Waals surface area (Å²) in [5, 5.41) is 14.1. The first-order chi connectivity index (χ1) is 27.7. The Hall–Kier alpha value is -6.45. The first-order valence-electron chi connectivity index (χ1n) is 19.1. The van der Waals surface area contributed by atoms with Crippen molar-refractivity contribution in [1.82, 2.24) is 40.1 Å². The fourth-order valence-electron chi connectivity index (χ4n) is 7.36. The Bertz CT molecular complexity index is 2160. The number of aromatic nitrogens is 3. The van der Waals surface area contributed by atoms with E-state index in [1.54, 1.807) is 70.0 Å². The van der Waals surface area contributed by atoms with Crippen molar-refractivity contribution >= 4 is 29.5 Å². The molecule has 3 aliphatic heterocycles. The Labute approximate surface area is 337 Å². The molecule has 58 heavy (non-hydrogen) atoms. The van der Waals surface area contributed by atoms with E-state index in [4.69, 9.17) is 14.2 Å². The minimum Gasteiger partial charge on any atom is -0.497 e. The number of nitrogens with zero attached hydrogens (tertiary/aromatic N) is 6. The molecule has 4 heterocycles. The van der Waals surface area contributed by atoms with E-state index in [1.807, 2.05) is 36.4 Å². The molecule has 0 fully saturated rings. The summed E-state index contributed by atoms with van der Waals surface area (Å²) in [6.45, 7) is 4.74. The standard InChI is InChI=1S/C42H50N8O8/c1-24-38(51)45-25(2)40(53)47(4)32(19-27-9-14-30(56-7)15-10-27)37-46-43-23-50(37)26(3)41(54)49(6)34-20-28-11-16-31(17-12-28)58-36-22-29(13-18-35(36)57-8)21-33(39(52)44-24)48(5)42(34)55/h9-18,22-26,32-34H,19-21H2,1-8H3,(H,44,52)(H,45,51)/t24-,25+,26+,32+,33+,34+/m1/s1. The van der Waals surface area contributed by atoms with Gasteiger partial charge in [0.25, 0.3) is 0 Å². The number of carbonyl (C=O) groups excluding carboxylic acids is 5. The molecule has 16 heteroatoms. The number of carbonyl (C=O) groups is 5. The van der Waals surface area contributed by atoms with E-state index in [0.29, 0.717) is 34.4 Å². The Morgan fingerprint density at radius 3 is 2.02 bits per heavy atom. The van der Waals surface area contributed by atoms with Crippen LogP contribution in [0.25, 0.3) is 0 Å². The molecule has 2 N–H and O–H groups in total. The van der Waals surface area contributed by atoms with Crippen LogP contribution in [0, 0.1) is 0 Å². The van der Waals surface area contributed by atoms with Gasteiger partial charge in [0.2, 0.25) is 29.5 Å². The lowest BCUT2D eigenvalue weighted by Crippen LogP contribution is -2.59. The number of benzene rings is 3. The van der Waals surface area contributed by atoms with Crippen LogP contribution in [-0.4, -0.2) is 119 Å². The van der Waals surface area contributed by atoms with Crippen molar-refractivity contribution in [2.24, 2.45) is 0 Å². The van der Waals surface area contributed by atoms with E-state index in [9.17, 15) is 24.0 Å². The minimum atomic E-state index is -1.14. The molecule has 1 aromatic heterocycles. The lowest BCUT2D eigenvalue weighted by atomic mass is 9.98. The zero-order valence-electron chi connectivity index (χ0n) is 34.0. The van der Waals surface area contributed by atoms with Crippen LogP contribution in [0.15, 0.2) is 73.1 Å². The summed E-state index contributed by atoms with van der Waals surface area (Å²) in [5.74, 6) is -0.197. The van der Waals surface area contributed by atoms with Crippen LogP contribution >= 0.6 is 0 Å². The summed E-state index contributed by atoms with van der Waals surface area (Å²) in [6.07, 6.45) is 1.84. The van der Waals surface area contributed by atoms with E-state index in [-0.39, 0.29) is 19.3 Å². The third kappa shape index (κ3) is 8.60. The molecule has 6 bridgehead atoms. The maximum absolute atomic E-state index is 14.8. The highest BCUT2D eigenvalue weighted by Crippen LogP contribution is 2.34. The first kappa shape index (κ1) is 41.2. The zero-order chi connectivity index (χ0) is 41.8. The predicted octanol–water partition coefficient (Wildman–Crippen LogP) is 2.87.